The van der Waals surface area contributed by atoms with Gasteiger partial charge < -0.3 is 15.0 Å². The van der Waals surface area contributed by atoms with E-state index in [4.69, 9.17) is 27.9 Å². The summed E-state index contributed by atoms with van der Waals surface area (Å²) >= 11 is 12.0. The van der Waals surface area contributed by atoms with Crippen LogP contribution in [0.1, 0.15) is 13.3 Å². The minimum Gasteiger partial charge on any atom is -0.482 e. The first-order valence-corrected chi connectivity index (χ1v) is 8.50. The van der Waals surface area contributed by atoms with Crippen LogP contribution in [0.2, 0.25) is 10.0 Å². The highest BCUT2D eigenvalue weighted by atomic mass is 35.5. The molecule has 1 atom stereocenters. The van der Waals surface area contributed by atoms with Crippen LogP contribution < -0.4 is 15.0 Å². The summed E-state index contributed by atoms with van der Waals surface area (Å²) in [6.45, 7) is 1.61. The van der Waals surface area contributed by atoms with Crippen LogP contribution >= 0.6 is 23.2 Å². The van der Waals surface area contributed by atoms with E-state index in [1.54, 1.807) is 41.3 Å². The van der Waals surface area contributed by atoms with Crippen LogP contribution in [0, 0.1) is 0 Å². The van der Waals surface area contributed by atoms with E-state index >= 15 is 0 Å². The summed E-state index contributed by atoms with van der Waals surface area (Å²) in [7, 11) is 0. The van der Waals surface area contributed by atoms with Crippen LogP contribution in [-0.2, 0) is 9.59 Å². The normalized spacial score (nSPS) is 16.7. The Labute approximate surface area is 155 Å². The summed E-state index contributed by atoms with van der Waals surface area (Å²) in [5, 5.41) is 3.43. The number of fused-ring (bicyclic) bond motifs is 1. The maximum Gasteiger partial charge on any atom is 0.265 e. The zero-order valence-electron chi connectivity index (χ0n) is 13.5. The molecule has 2 amide bonds. The molecule has 5 nitrogen and oxygen atoms in total. The number of hydrogen-bond donors (Lipinski definition) is 1. The number of nitrogens with one attached hydrogen (secondary N) is 1. The zero-order valence-corrected chi connectivity index (χ0v) is 15.0. The monoisotopic (exact) mass is 378 g/mol. The first-order valence-electron chi connectivity index (χ1n) is 7.75. The Kier molecular flexibility index (Phi) is 5.16. The summed E-state index contributed by atoms with van der Waals surface area (Å²) in [5.74, 6) is -0.0611. The molecule has 25 heavy (non-hydrogen) atoms. The van der Waals surface area contributed by atoms with Crippen LogP contribution in [0.3, 0.4) is 0 Å². The van der Waals surface area contributed by atoms with Gasteiger partial charge in [-0.2, -0.15) is 0 Å². The Morgan fingerprint density at radius 3 is 2.80 bits per heavy atom. The maximum absolute atomic E-state index is 12.8. The lowest BCUT2D eigenvalue weighted by Crippen LogP contribution is -2.41. The second-order valence-electron chi connectivity index (χ2n) is 5.72. The number of para-hydroxylation sites is 2. The Balaban J connectivity index is 1.83. The van der Waals surface area contributed by atoms with Gasteiger partial charge in [0.2, 0.25) is 5.91 Å². The summed E-state index contributed by atoms with van der Waals surface area (Å²) in [6, 6.07) is 11.9. The SMILES string of the molecule is C[C@H]1CC(=O)Nc2ccccc2N1C(=O)COc1cccc(Cl)c1Cl. The number of benzene rings is 2. The summed E-state index contributed by atoms with van der Waals surface area (Å²) in [4.78, 5) is 26.3. The third kappa shape index (κ3) is 3.72. The number of halogens is 2. The van der Waals surface area contributed by atoms with E-state index in [1.165, 1.54) is 0 Å². The van der Waals surface area contributed by atoms with Gasteiger partial charge in [-0.25, -0.2) is 0 Å². The van der Waals surface area contributed by atoms with Gasteiger partial charge in [0.1, 0.15) is 10.8 Å². The molecule has 2 aromatic carbocycles. The lowest BCUT2D eigenvalue weighted by atomic mass is 10.1. The molecule has 2 aromatic rings. The van der Waals surface area contributed by atoms with Crippen molar-refractivity contribution < 1.29 is 14.3 Å². The van der Waals surface area contributed by atoms with E-state index in [2.05, 4.69) is 5.32 Å². The number of rotatable bonds is 3. The third-order valence-electron chi connectivity index (χ3n) is 3.90. The zero-order chi connectivity index (χ0) is 18.0. The molecule has 0 aliphatic carbocycles. The number of carbonyl (C=O) groups is 2. The Morgan fingerprint density at radius 2 is 2.00 bits per heavy atom. The fraction of sp³-hybridized carbons (Fsp3) is 0.222. The molecule has 1 aliphatic rings. The van der Waals surface area contributed by atoms with Crippen LogP contribution in [0.15, 0.2) is 42.5 Å². The molecule has 1 aliphatic heterocycles. The highest BCUT2D eigenvalue weighted by molar-refractivity contribution is 6.42. The molecule has 1 N–H and O–H groups in total. The highest BCUT2D eigenvalue weighted by Gasteiger charge is 2.29. The standard InChI is InChI=1S/C18H16Cl2N2O3/c1-11-9-16(23)21-13-6-2-3-7-14(13)22(11)17(24)10-25-15-8-4-5-12(19)18(15)20/h2-8,11H,9-10H2,1H3,(H,21,23)/t11-/m0/s1. The molecule has 0 saturated heterocycles. The molecule has 7 heteroatoms. The lowest BCUT2D eigenvalue weighted by molar-refractivity contribution is -0.121. The number of ether oxygens (including phenoxy) is 1. The van der Waals surface area contributed by atoms with Crippen molar-refractivity contribution in [3.05, 3.63) is 52.5 Å². The summed E-state index contributed by atoms with van der Waals surface area (Å²) < 4.78 is 5.55. The van der Waals surface area contributed by atoms with Gasteiger partial charge in [0.05, 0.1) is 16.4 Å². The molecule has 0 aromatic heterocycles. The molecule has 0 radical (unpaired) electrons. The van der Waals surface area contributed by atoms with Crippen molar-refractivity contribution in [2.24, 2.45) is 0 Å². The molecular weight excluding hydrogens is 363 g/mol. The van der Waals surface area contributed by atoms with Gasteiger partial charge in [-0.3, -0.25) is 9.59 Å². The average molecular weight is 379 g/mol. The van der Waals surface area contributed by atoms with Gasteiger partial charge in [0.25, 0.3) is 5.91 Å². The summed E-state index contributed by atoms with van der Waals surface area (Å²) in [5.41, 5.74) is 1.25. The molecule has 0 bridgehead atoms. The van der Waals surface area contributed by atoms with E-state index < -0.39 is 0 Å². The Hall–Kier alpha value is -2.24. The van der Waals surface area contributed by atoms with Crippen LogP contribution in [0.25, 0.3) is 0 Å². The fourth-order valence-electron chi connectivity index (χ4n) is 2.77. The second-order valence-corrected chi connectivity index (χ2v) is 6.51. The smallest absolute Gasteiger partial charge is 0.265 e. The molecule has 0 fully saturated rings. The van der Waals surface area contributed by atoms with Gasteiger partial charge in [-0.05, 0) is 31.2 Å². The van der Waals surface area contributed by atoms with E-state index in [0.29, 0.717) is 22.1 Å². The molecule has 0 unspecified atom stereocenters. The molecule has 1 heterocycles. The van der Waals surface area contributed by atoms with Gasteiger partial charge in [-0.1, -0.05) is 41.4 Å². The molecule has 0 spiro atoms. The van der Waals surface area contributed by atoms with Crippen molar-refractivity contribution in [1.82, 2.24) is 0 Å². The minimum absolute atomic E-state index is 0.131. The summed E-state index contributed by atoms with van der Waals surface area (Å²) in [6.07, 6.45) is 0.207. The molecular formula is C18H16Cl2N2O3. The first kappa shape index (κ1) is 17.6. The molecule has 3 rings (SSSR count). The van der Waals surface area contributed by atoms with E-state index in [9.17, 15) is 9.59 Å². The van der Waals surface area contributed by atoms with Gasteiger partial charge >= 0.3 is 0 Å². The van der Waals surface area contributed by atoms with Crippen LogP contribution in [0.4, 0.5) is 11.4 Å². The van der Waals surface area contributed by atoms with Crippen LogP contribution in [-0.4, -0.2) is 24.5 Å². The second kappa shape index (κ2) is 7.33. The van der Waals surface area contributed by atoms with Crippen molar-refractivity contribution in [3.8, 4) is 5.75 Å². The predicted molar refractivity (Wildman–Crippen MR) is 98.6 cm³/mol. The largest absolute Gasteiger partial charge is 0.482 e. The van der Waals surface area contributed by atoms with Crippen LogP contribution in [0.5, 0.6) is 5.75 Å². The quantitative estimate of drug-likeness (QED) is 0.872. The number of amides is 2. The molecule has 130 valence electrons. The minimum atomic E-state index is -0.297. The van der Waals surface area contributed by atoms with Crippen molar-refractivity contribution in [1.29, 1.82) is 0 Å². The first-order chi connectivity index (χ1) is 12.0. The van der Waals surface area contributed by atoms with Crippen molar-refractivity contribution >= 4 is 46.4 Å². The third-order valence-corrected chi connectivity index (χ3v) is 4.70. The Morgan fingerprint density at radius 1 is 1.24 bits per heavy atom. The number of nitrogens with zero attached hydrogens (tertiary/aromatic N) is 1. The Bertz CT molecular complexity index is 826. The number of carbonyl (C=O) groups excluding carboxylic acids is 2. The van der Waals surface area contributed by atoms with E-state index in [-0.39, 0.29) is 35.9 Å². The van der Waals surface area contributed by atoms with E-state index in [1.807, 2.05) is 13.0 Å². The lowest BCUT2D eigenvalue weighted by Gasteiger charge is -2.27. The number of hydrogen-bond acceptors (Lipinski definition) is 3. The van der Waals surface area contributed by atoms with Gasteiger partial charge in [-0.15, -0.1) is 0 Å². The predicted octanol–water partition coefficient (Wildman–Crippen LogP) is 4.14. The highest BCUT2D eigenvalue weighted by Crippen LogP contribution is 2.33. The topological polar surface area (TPSA) is 58.6 Å². The fourth-order valence-corrected chi connectivity index (χ4v) is 3.12. The van der Waals surface area contributed by atoms with Crippen molar-refractivity contribution in [2.45, 2.75) is 19.4 Å². The van der Waals surface area contributed by atoms with Crippen molar-refractivity contribution in [3.63, 3.8) is 0 Å². The maximum atomic E-state index is 12.8. The van der Waals surface area contributed by atoms with Gasteiger partial charge in [0.15, 0.2) is 6.61 Å². The van der Waals surface area contributed by atoms with Gasteiger partial charge in [0, 0.05) is 12.5 Å². The van der Waals surface area contributed by atoms with E-state index in [0.717, 1.165) is 0 Å². The molecule has 0 saturated carbocycles. The average Bonchev–Trinajstić information content (AvgIpc) is 2.70. The number of anilines is 2. The van der Waals surface area contributed by atoms with Crippen molar-refractivity contribution in [2.75, 3.05) is 16.8 Å².